The van der Waals surface area contributed by atoms with E-state index in [0.717, 1.165) is 10.9 Å². The van der Waals surface area contributed by atoms with Gasteiger partial charge in [0, 0.05) is 24.5 Å². The molecular weight excluding hydrogens is 390 g/mol. The highest BCUT2D eigenvalue weighted by Gasteiger charge is 2.27. The summed E-state index contributed by atoms with van der Waals surface area (Å²) >= 11 is 3.33. The minimum atomic E-state index is -0.769. The number of likely N-dealkylation sites (tertiary alicyclic amines) is 1. The first kappa shape index (κ1) is 19.2. The molecule has 2 N–H and O–H groups in total. The maximum absolute atomic E-state index is 12.2. The van der Waals surface area contributed by atoms with Gasteiger partial charge < -0.3 is 9.64 Å². The van der Waals surface area contributed by atoms with Crippen molar-refractivity contribution in [2.75, 3.05) is 13.1 Å². The van der Waals surface area contributed by atoms with Crippen molar-refractivity contribution in [1.29, 1.82) is 0 Å². The summed E-state index contributed by atoms with van der Waals surface area (Å²) in [5, 5.41) is 0. The average Bonchev–Trinajstić information content (AvgIpc) is 2.59. The van der Waals surface area contributed by atoms with Crippen molar-refractivity contribution >= 4 is 33.7 Å². The molecule has 7 nitrogen and oxygen atoms in total. The largest absolute Gasteiger partial charge is 0.481 e. The van der Waals surface area contributed by atoms with E-state index in [1.54, 1.807) is 30.0 Å². The second kappa shape index (κ2) is 8.84. The maximum Gasteiger partial charge on any atom is 0.279 e. The molecule has 2 atom stereocenters. The zero-order valence-electron chi connectivity index (χ0n) is 14.3. The number of hydrogen-bond donors (Lipinski definition) is 2. The van der Waals surface area contributed by atoms with Gasteiger partial charge in [0.15, 0.2) is 6.10 Å². The quantitative estimate of drug-likeness (QED) is 0.736. The van der Waals surface area contributed by atoms with Crippen LogP contribution in [0.1, 0.15) is 26.7 Å². The normalized spacial score (nSPS) is 18.2. The molecule has 1 aromatic carbocycles. The SMILES string of the molecule is CC(=O)N1CCC[C@H](C(=O)NNC(=O)[C@H](C)Oc2cccc(Br)c2)C1. The van der Waals surface area contributed by atoms with Gasteiger partial charge >= 0.3 is 0 Å². The fourth-order valence-corrected chi connectivity index (χ4v) is 2.98. The van der Waals surface area contributed by atoms with E-state index in [0.29, 0.717) is 25.3 Å². The molecule has 3 amide bonds. The first-order chi connectivity index (χ1) is 11.9. The topological polar surface area (TPSA) is 87.7 Å². The Balaban J connectivity index is 1.80. The summed E-state index contributed by atoms with van der Waals surface area (Å²) in [6.45, 7) is 4.13. The van der Waals surface area contributed by atoms with Gasteiger partial charge in [0.1, 0.15) is 5.75 Å². The third-order valence-electron chi connectivity index (χ3n) is 4.02. The lowest BCUT2D eigenvalue weighted by Crippen LogP contribution is -2.52. The van der Waals surface area contributed by atoms with Crippen molar-refractivity contribution in [2.24, 2.45) is 5.92 Å². The first-order valence-electron chi connectivity index (χ1n) is 8.14. The zero-order valence-corrected chi connectivity index (χ0v) is 15.8. The van der Waals surface area contributed by atoms with Crippen LogP contribution >= 0.6 is 15.9 Å². The lowest BCUT2D eigenvalue weighted by atomic mass is 9.97. The Morgan fingerprint density at radius 1 is 1.32 bits per heavy atom. The number of nitrogens with zero attached hydrogens (tertiary/aromatic N) is 1. The van der Waals surface area contributed by atoms with Crippen LogP contribution in [0, 0.1) is 5.92 Å². The molecule has 0 unspecified atom stereocenters. The fraction of sp³-hybridized carbons (Fsp3) is 0.471. The van der Waals surface area contributed by atoms with Gasteiger partial charge in [-0.3, -0.25) is 25.2 Å². The molecule has 0 bridgehead atoms. The smallest absolute Gasteiger partial charge is 0.279 e. The number of hydrogen-bond acceptors (Lipinski definition) is 4. The molecule has 0 aromatic heterocycles. The number of piperidine rings is 1. The number of carbonyl (C=O) groups is 3. The van der Waals surface area contributed by atoms with Crippen LogP contribution < -0.4 is 15.6 Å². The molecule has 1 heterocycles. The Labute approximate surface area is 155 Å². The summed E-state index contributed by atoms with van der Waals surface area (Å²) in [6, 6.07) is 7.15. The number of ether oxygens (including phenoxy) is 1. The predicted molar refractivity (Wildman–Crippen MR) is 95.5 cm³/mol. The van der Waals surface area contributed by atoms with Crippen LogP contribution in [0.2, 0.25) is 0 Å². The Morgan fingerprint density at radius 2 is 2.08 bits per heavy atom. The molecule has 1 saturated heterocycles. The lowest BCUT2D eigenvalue weighted by Gasteiger charge is -2.31. The maximum atomic E-state index is 12.2. The summed E-state index contributed by atoms with van der Waals surface area (Å²) in [5.74, 6) is -0.564. The minimum absolute atomic E-state index is 0.0439. The Bertz CT molecular complexity index is 653. The zero-order chi connectivity index (χ0) is 18.4. The van der Waals surface area contributed by atoms with Crippen LogP contribution in [-0.4, -0.2) is 41.8 Å². The number of halogens is 1. The first-order valence-corrected chi connectivity index (χ1v) is 8.93. The van der Waals surface area contributed by atoms with E-state index in [2.05, 4.69) is 26.8 Å². The molecular formula is C17H22BrN3O4. The van der Waals surface area contributed by atoms with Crippen LogP contribution in [0.15, 0.2) is 28.7 Å². The molecule has 0 spiro atoms. The van der Waals surface area contributed by atoms with Crippen molar-refractivity contribution in [2.45, 2.75) is 32.8 Å². The minimum Gasteiger partial charge on any atom is -0.481 e. The van der Waals surface area contributed by atoms with Crippen LogP contribution in [0.3, 0.4) is 0 Å². The molecule has 1 aliphatic heterocycles. The van der Waals surface area contributed by atoms with Gasteiger partial charge in [-0.1, -0.05) is 22.0 Å². The highest BCUT2D eigenvalue weighted by atomic mass is 79.9. The summed E-state index contributed by atoms with van der Waals surface area (Å²) in [7, 11) is 0. The average molecular weight is 412 g/mol. The molecule has 8 heteroatoms. The third-order valence-corrected chi connectivity index (χ3v) is 4.52. The van der Waals surface area contributed by atoms with E-state index in [9.17, 15) is 14.4 Å². The van der Waals surface area contributed by atoms with Crippen LogP contribution in [-0.2, 0) is 14.4 Å². The molecule has 1 aliphatic rings. The second-order valence-electron chi connectivity index (χ2n) is 6.00. The summed E-state index contributed by atoms with van der Waals surface area (Å²) in [4.78, 5) is 37.3. The number of nitrogens with one attached hydrogen (secondary N) is 2. The van der Waals surface area contributed by atoms with E-state index in [1.165, 1.54) is 6.92 Å². The molecule has 1 aromatic rings. The number of rotatable bonds is 4. The van der Waals surface area contributed by atoms with Gasteiger partial charge in [0.2, 0.25) is 11.8 Å². The molecule has 1 fully saturated rings. The predicted octanol–water partition coefficient (Wildman–Crippen LogP) is 1.62. The van der Waals surface area contributed by atoms with Crippen molar-refractivity contribution in [3.8, 4) is 5.75 Å². The van der Waals surface area contributed by atoms with Gasteiger partial charge in [0.25, 0.3) is 5.91 Å². The number of carbonyl (C=O) groups excluding carboxylic acids is 3. The number of amides is 3. The van der Waals surface area contributed by atoms with Crippen molar-refractivity contribution in [3.05, 3.63) is 28.7 Å². The highest BCUT2D eigenvalue weighted by molar-refractivity contribution is 9.10. The molecule has 0 saturated carbocycles. The van der Waals surface area contributed by atoms with Gasteiger partial charge in [-0.05, 0) is 38.0 Å². The monoisotopic (exact) mass is 411 g/mol. The van der Waals surface area contributed by atoms with E-state index >= 15 is 0 Å². The Morgan fingerprint density at radius 3 is 2.76 bits per heavy atom. The molecule has 0 aliphatic carbocycles. The van der Waals surface area contributed by atoms with Gasteiger partial charge in [-0.15, -0.1) is 0 Å². The Hall–Kier alpha value is -2.09. The van der Waals surface area contributed by atoms with Gasteiger partial charge in [-0.2, -0.15) is 0 Å². The highest BCUT2D eigenvalue weighted by Crippen LogP contribution is 2.19. The Kier molecular flexibility index (Phi) is 6.81. The van der Waals surface area contributed by atoms with E-state index < -0.39 is 12.0 Å². The van der Waals surface area contributed by atoms with Crippen molar-refractivity contribution < 1.29 is 19.1 Å². The molecule has 0 radical (unpaired) electrons. The van der Waals surface area contributed by atoms with Crippen LogP contribution in [0.25, 0.3) is 0 Å². The lowest BCUT2D eigenvalue weighted by molar-refractivity contribution is -0.137. The van der Waals surface area contributed by atoms with Crippen molar-refractivity contribution in [1.82, 2.24) is 15.8 Å². The van der Waals surface area contributed by atoms with Gasteiger partial charge in [-0.25, -0.2) is 0 Å². The molecule has 136 valence electrons. The standard InChI is InChI=1S/C17H22BrN3O4/c1-11(25-15-7-3-6-14(18)9-15)16(23)19-20-17(24)13-5-4-8-21(10-13)12(2)22/h3,6-7,9,11,13H,4-5,8,10H2,1-2H3,(H,19,23)(H,20,24)/t11-,13-/m0/s1. The summed E-state index contributed by atoms with van der Waals surface area (Å²) in [6.07, 6.45) is 0.693. The molecule has 2 rings (SSSR count). The summed E-state index contributed by atoms with van der Waals surface area (Å²) in [5.41, 5.74) is 4.80. The van der Waals surface area contributed by atoms with Crippen molar-refractivity contribution in [3.63, 3.8) is 0 Å². The summed E-state index contributed by atoms with van der Waals surface area (Å²) < 4.78 is 6.38. The van der Waals surface area contributed by atoms with E-state index in [-0.39, 0.29) is 17.7 Å². The van der Waals surface area contributed by atoms with Crippen LogP contribution in [0.4, 0.5) is 0 Å². The third kappa shape index (κ3) is 5.74. The van der Waals surface area contributed by atoms with E-state index in [1.807, 2.05) is 6.07 Å². The van der Waals surface area contributed by atoms with Gasteiger partial charge in [0.05, 0.1) is 5.92 Å². The fourth-order valence-electron chi connectivity index (χ4n) is 2.60. The molecule has 25 heavy (non-hydrogen) atoms. The number of benzene rings is 1. The van der Waals surface area contributed by atoms with E-state index in [4.69, 9.17) is 4.74 Å². The second-order valence-corrected chi connectivity index (χ2v) is 6.92. The van der Waals surface area contributed by atoms with Crippen LogP contribution in [0.5, 0.6) is 5.75 Å². The number of hydrazine groups is 1.